The summed E-state index contributed by atoms with van der Waals surface area (Å²) in [5.74, 6) is 0. The molecule has 0 radical (unpaired) electrons. The van der Waals surface area contributed by atoms with Gasteiger partial charge in [-0.05, 0) is 30.5 Å². The van der Waals surface area contributed by atoms with Crippen molar-refractivity contribution in [2.45, 2.75) is 39.5 Å². The molecule has 0 aliphatic carbocycles. The summed E-state index contributed by atoms with van der Waals surface area (Å²) >= 11 is 2.00. The van der Waals surface area contributed by atoms with E-state index >= 15 is 0 Å². The summed E-state index contributed by atoms with van der Waals surface area (Å²) in [6, 6.07) is 19.8. The molecule has 2 heteroatoms. The van der Waals surface area contributed by atoms with Gasteiger partial charge in [0, 0.05) is 33.0 Å². The highest BCUT2D eigenvalue weighted by Crippen LogP contribution is 2.56. The third-order valence-electron chi connectivity index (χ3n) is 5.36. The van der Waals surface area contributed by atoms with Gasteiger partial charge in [0.05, 0.1) is 5.69 Å². The van der Waals surface area contributed by atoms with Crippen molar-refractivity contribution in [3.05, 3.63) is 69.9 Å². The molecular weight excluding hydrogens is 322 g/mol. The number of benzene rings is 2. The van der Waals surface area contributed by atoms with Crippen LogP contribution in [0.25, 0.3) is 11.1 Å². The second-order valence-electron chi connectivity index (χ2n) is 7.18. The van der Waals surface area contributed by atoms with Crippen LogP contribution in [0.3, 0.4) is 0 Å². The lowest BCUT2D eigenvalue weighted by molar-refractivity contribution is 0.641. The Morgan fingerprint density at radius 1 is 0.920 bits per heavy atom. The SMILES string of the molecule is CCc1sc2c(c1-c1ccccc1)N(CC)c1ccccc1C2(C)C. The van der Waals surface area contributed by atoms with Gasteiger partial charge in [0.2, 0.25) is 0 Å². The van der Waals surface area contributed by atoms with E-state index in [-0.39, 0.29) is 5.41 Å². The summed E-state index contributed by atoms with van der Waals surface area (Å²) in [5.41, 5.74) is 7.05. The molecule has 128 valence electrons. The molecule has 0 fully saturated rings. The molecule has 0 saturated heterocycles. The lowest BCUT2D eigenvalue weighted by atomic mass is 9.77. The van der Waals surface area contributed by atoms with Gasteiger partial charge in [-0.25, -0.2) is 0 Å². The van der Waals surface area contributed by atoms with Gasteiger partial charge in [0.1, 0.15) is 0 Å². The number of para-hydroxylation sites is 1. The summed E-state index contributed by atoms with van der Waals surface area (Å²) in [6.07, 6.45) is 1.08. The number of hydrogen-bond acceptors (Lipinski definition) is 2. The van der Waals surface area contributed by atoms with Crippen molar-refractivity contribution in [1.29, 1.82) is 0 Å². The molecule has 1 nitrogen and oxygen atoms in total. The van der Waals surface area contributed by atoms with E-state index in [1.54, 1.807) is 0 Å². The number of fused-ring (bicyclic) bond motifs is 2. The Hall–Kier alpha value is -2.06. The molecule has 0 atom stereocenters. The first-order valence-electron chi connectivity index (χ1n) is 9.18. The van der Waals surface area contributed by atoms with Crippen LogP contribution < -0.4 is 4.90 Å². The number of thiophene rings is 1. The van der Waals surface area contributed by atoms with E-state index in [1.165, 1.54) is 37.8 Å². The molecule has 0 bridgehead atoms. The predicted octanol–water partition coefficient (Wildman–Crippen LogP) is 6.77. The molecule has 1 aliphatic heterocycles. The van der Waals surface area contributed by atoms with Crippen molar-refractivity contribution in [3.63, 3.8) is 0 Å². The van der Waals surface area contributed by atoms with Crippen molar-refractivity contribution < 1.29 is 0 Å². The highest BCUT2D eigenvalue weighted by Gasteiger charge is 2.39. The average Bonchev–Trinajstić information content (AvgIpc) is 3.04. The molecule has 0 amide bonds. The van der Waals surface area contributed by atoms with E-state index in [2.05, 4.69) is 87.2 Å². The van der Waals surface area contributed by atoms with Crippen molar-refractivity contribution in [2.24, 2.45) is 0 Å². The summed E-state index contributed by atoms with van der Waals surface area (Å²) in [5, 5.41) is 0. The second-order valence-corrected chi connectivity index (χ2v) is 8.29. The fourth-order valence-corrected chi connectivity index (χ4v) is 5.49. The van der Waals surface area contributed by atoms with Crippen LogP contribution in [-0.4, -0.2) is 6.54 Å². The second kappa shape index (κ2) is 6.03. The molecule has 0 saturated carbocycles. The maximum atomic E-state index is 2.52. The highest BCUT2D eigenvalue weighted by molar-refractivity contribution is 7.13. The Morgan fingerprint density at radius 2 is 1.60 bits per heavy atom. The van der Waals surface area contributed by atoms with Crippen LogP contribution in [0.15, 0.2) is 54.6 Å². The first-order chi connectivity index (χ1) is 12.1. The average molecular weight is 348 g/mol. The highest BCUT2D eigenvalue weighted by atomic mass is 32.1. The molecule has 3 aromatic rings. The quantitative estimate of drug-likeness (QED) is 0.505. The number of anilines is 2. The number of rotatable bonds is 3. The molecule has 2 heterocycles. The largest absolute Gasteiger partial charge is 0.340 e. The van der Waals surface area contributed by atoms with Gasteiger partial charge in [0.15, 0.2) is 0 Å². The molecular formula is C23H25NS. The van der Waals surface area contributed by atoms with Crippen molar-refractivity contribution in [2.75, 3.05) is 11.4 Å². The fourth-order valence-electron chi connectivity index (χ4n) is 4.11. The molecule has 1 aliphatic rings. The van der Waals surface area contributed by atoms with Gasteiger partial charge in [-0.1, -0.05) is 69.3 Å². The van der Waals surface area contributed by atoms with Crippen LogP contribution in [-0.2, 0) is 11.8 Å². The molecule has 4 rings (SSSR count). The maximum absolute atomic E-state index is 2.52. The first kappa shape index (κ1) is 16.4. The third kappa shape index (κ3) is 2.35. The summed E-state index contributed by atoms with van der Waals surface area (Å²) in [4.78, 5) is 5.52. The van der Waals surface area contributed by atoms with E-state index in [0.29, 0.717) is 0 Å². The molecule has 25 heavy (non-hydrogen) atoms. The first-order valence-corrected chi connectivity index (χ1v) is 9.99. The zero-order chi connectivity index (χ0) is 17.6. The third-order valence-corrected chi connectivity index (χ3v) is 7.01. The number of aryl methyl sites for hydroxylation is 1. The van der Waals surface area contributed by atoms with Crippen LogP contribution >= 0.6 is 11.3 Å². The molecule has 1 aromatic heterocycles. The molecule has 0 N–H and O–H groups in total. The van der Waals surface area contributed by atoms with Crippen molar-refractivity contribution in [3.8, 4) is 11.1 Å². The van der Waals surface area contributed by atoms with Crippen LogP contribution in [0, 0.1) is 0 Å². The Morgan fingerprint density at radius 3 is 2.28 bits per heavy atom. The normalized spacial score (nSPS) is 15.0. The maximum Gasteiger partial charge on any atom is 0.0643 e. The van der Waals surface area contributed by atoms with Gasteiger partial charge < -0.3 is 4.90 Å². The number of hydrogen-bond donors (Lipinski definition) is 0. The zero-order valence-corrected chi connectivity index (χ0v) is 16.3. The van der Waals surface area contributed by atoms with Gasteiger partial charge in [0.25, 0.3) is 0 Å². The van der Waals surface area contributed by atoms with Gasteiger partial charge >= 0.3 is 0 Å². The Kier molecular flexibility index (Phi) is 3.96. The molecule has 0 unspecified atom stereocenters. The Balaban J connectivity index is 2.06. The predicted molar refractivity (Wildman–Crippen MR) is 110 cm³/mol. The van der Waals surface area contributed by atoms with E-state index in [9.17, 15) is 0 Å². The molecule has 0 spiro atoms. The van der Waals surface area contributed by atoms with Crippen LogP contribution in [0.2, 0.25) is 0 Å². The monoisotopic (exact) mass is 347 g/mol. The minimum absolute atomic E-state index is 0.0409. The topological polar surface area (TPSA) is 3.24 Å². The van der Waals surface area contributed by atoms with E-state index in [1.807, 2.05) is 11.3 Å². The zero-order valence-electron chi connectivity index (χ0n) is 15.5. The van der Waals surface area contributed by atoms with Crippen LogP contribution in [0.4, 0.5) is 11.4 Å². The van der Waals surface area contributed by atoms with E-state index in [0.717, 1.165) is 13.0 Å². The van der Waals surface area contributed by atoms with Gasteiger partial charge in [-0.15, -0.1) is 11.3 Å². The minimum atomic E-state index is 0.0409. The van der Waals surface area contributed by atoms with E-state index < -0.39 is 0 Å². The van der Waals surface area contributed by atoms with Crippen LogP contribution in [0.1, 0.15) is 43.0 Å². The Labute approximate surface area is 154 Å². The molecule has 2 aromatic carbocycles. The van der Waals surface area contributed by atoms with E-state index in [4.69, 9.17) is 0 Å². The smallest absolute Gasteiger partial charge is 0.0643 e. The lowest BCUT2D eigenvalue weighted by Gasteiger charge is -2.40. The fraction of sp³-hybridized carbons (Fsp3) is 0.304. The number of nitrogens with zero attached hydrogens (tertiary/aromatic N) is 1. The van der Waals surface area contributed by atoms with Crippen molar-refractivity contribution >= 4 is 22.7 Å². The minimum Gasteiger partial charge on any atom is -0.340 e. The summed E-state index contributed by atoms with van der Waals surface area (Å²) in [7, 11) is 0. The van der Waals surface area contributed by atoms with Gasteiger partial charge in [-0.2, -0.15) is 0 Å². The van der Waals surface area contributed by atoms with Crippen LogP contribution in [0.5, 0.6) is 0 Å². The van der Waals surface area contributed by atoms with Crippen molar-refractivity contribution in [1.82, 2.24) is 0 Å². The Bertz CT molecular complexity index is 905. The lowest BCUT2D eigenvalue weighted by Crippen LogP contribution is -2.31. The van der Waals surface area contributed by atoms with Gasteiger partial charge in [-0.3, -0.25) is 0 Å². The summed E-state index contributed by atoms with van der Waals surface area (Å²) in [6.45, 7) is 10.3. The summed E-state index contributed by atoms with van der Waals surface area (Å²) < 4.78 is 0. The standard InChI is InChI=1S/C23H25NS/c1-5-19-20(16-12-8-7-9-13-16)21-22(25-19)23(3,4)17-14-10-11-15-18(17)24(21)6-2/h7-15H,5-6H2,1-4H3.